The van der Waals surface area contributed by atoms with Crippen LogP contribution in [0, 0.1) is 0 Å². The maximum atomic E-state index is 13.2. The molecule has 3 unspecified atom stereocenters. The Bertz CT molecular complexity index is 862. The zero-order valence-electron chi connectivity index (χ0n) is 19.6. The Balaban J connectivity index is 1.63. The fraction of sp³-hybridized carbons (Fsp3) is 0.583. The summed E-state index contributed by atoms with van der Waals surface area (Å²) in [6, 6.07) is 7.15. The lowest BCUT2D eigenvalue weighted by molar-refractivity contribution is -0.137. The maximum absolute atomic E-state index is 13.2. The molecule has 1 aliphatic carbocycles. The number of thioether (sulfide) groups is 1. The third-order valence-corrected chi connectivity index (χ3v) is 6.95. The van der Waals surface area contributed by atoms with Crippen molar-refractivity contribution in [2.75, 3.05) is 18.6 Å². The molecular weight excluding hydrogens is 454 g/mol. The number of primary amides is 1. The summed E-state index contributed by atoms with van der Waals surface area (Å²) in [5.41, 5.74) is 6.42. The number of hydrogen-bond donors (Lipinski definition) is 4. The molecule has 1 aliphatic heterocycles. The number of nitrogens with zero attached hydrogens (tertiary/aromatic N) is 1. The molecule has 1 saturated carbocycles. The van der Waals surface area contributed by atoms with Gasteiger partial charge in [-0.1, -0.05) is 49.6 Å². The van der Waals surface area contributed by atoms with Crippen molar-refractivity contribution in [2.24, 2.45) is 5.73 Å². The van der Waals surface area contributed by atoms with Crippen LogP contribution in [0.25, 0.3) is 0 Å². The number of hydrogen-bond acceptors (Lipinski definition) is 5. The zero-order valence-corrected chi connectivity index (χ0v) is 20.4. The first kappa shape index (κ1) is 25.9. The number of likely N-dealkylation sites (tertiary alicyclic amines) is 1. The van der Waals surface area contributed by atoms with Crippen molar-refractivity contribution in [2.45, 2.75) is 69.1 Å². The largest absolute Gasteiger partial charge is 0.368 e. The number of benzene rings is 1. The van der Waals surface area contributed by atoms with Crippen LogP contribution in [-0.4, -0.2) is 71.4 Å². The highest BCUT2D eigenvalue weighted by Crippen LogP contribution is 2.21. The molecule has 0 aromatic heterocycles. The molecular formula is C24H35N5O4S. The van der Waals surface area contributed by atoms with Crippen LogP contribution in [0.5, 0.6) is 0 Å². The molecule has 186 valence electrons. The second-order valence-electron chi connectivity index (χ2n) is 9.03. The summed E-state index contributed by atoms with van der Waals surface area (Å²) >= 11 is 1.37. The summed E-state index contributed by atoms with van der Waals surface area (Å²) in [5.74, 6) is -1.03. The molecule has 5 amide bonds. The first-order chi connectivity index (χ1) is 16.4. The van der Waals surface area contributed by atoms with Crippen molar-refractivity contribution in [1.29, 1.82) is 0 Å². The van der Waals surface area contributed by atoms with E-state index in [9.17, 15) is 19.2 Å². The molecule has 34 heavy (non-hydrogen) atoms. The van der Waals surface area contributed by atoms with Crippen molar-refractivity contribution in [3.63, 3.8) is 0 Å². The van der Waals surface area contributed by atoms with Gasteiger partial charge in [0.05, 0.1) is 11.8 Å². The normalized spacial score (nSPS) is 21.5. The van der Waals surface area contributed by atoms with Crippen LogP contribution in [0.15, 0.2) is 30.3 Å². The van der Waals surface area contributed by atoms with Gasteiger partial charge in [-0.25, -0.2) is 4.79 Å². The average Bonchev–Trinajstić information content (AvgIpc) is 3.24. The van der Waals surface area contributed by atoms with Crippen LogP contribution in [0.2, 0.25) is 0 Å². The zero-order chi connectivity index (χ0) is 24.5. The first-order valence-corrected chi connectivity index (χ1v) is 13.3. The number of carbonyl (C=O) groups excluding carboxylic acids is 4. The van der Waals surface area contributed by atoms with E-state index in [1.807, 2.05) is 36.6 Å². The average molecular weight is 490 g/mol. The highest BCUT2D eigenvalue weighted by molar-refractivity contribution is 7.99. The molecule has 0 radical (unpaired) electrons. The first-order valence-electron chi connectivity index (χ1n) is 11.9. The number of urea groups is 1. The molecule has 10 heteroatoms. The predicted octanol–water partition coefficient (Wildman–Crippen LogP) is 1.16. The van der Waals surface area contributed by atoms with Gasteiger partial charge in [-0.2, -0.15) is 11.8 Å². The van der Waals surface area contributed by atoms with Crippen LogP contribution in [0.1, 0.15) is 44.1 Å². The number of amides is 5. The van der Waals surface area contributed by atoms with Gasteiger partial charge in [-0.15, -0.1) is 0 Å². The SMILES string of the molecule is CSCC(=O)N1CC(NC(=O)NC2CCCCC2)CC1C(=O)NC(Cc1ccccc1)C(N)=O. The van der Waals surface area contributed by atoms with Crippen molar-refractivity contribution < 1.29 is 19.2 Å². The van der Waals surface area contributed by atoms with Crippen molar-refractivity contribution in [3.8, 4) is 0 Å². The monoisotopic (exact) mass is 489 g/mol. The molecule has 1 heterocycles. The summed E-state index contributed by atoms with van der Waals surface area (Å²) in [5, 5.41) is 8.68. The van der Waals surface area contributed by atoms with E-state index in [0.29, 0.717) is 0 Å². The Morgan fingerprint density at radius 1 is 1.06 bits per heavy atom. The van der Waals surface area contributed by atoms with Crippen LogP contribution < -0.4 is 21.7 Å². The second-order valence-corrected chi connectivity index (χ2v) is 9.90. The van der Waals surface area contributed by atoms with Gasteiger partial charge in [0.15, 0.2) is 0 Å². The van der Waals surface area contributed by atoms with Crippen molar-refractivity contribution in [3.05, 3.63) is 35.9 Å². The fourth-order valence-electron chi connectivity index (χ4n) is 4.67. The summed E-state index contributed by atoms with van der Waals surface area (Å²) in [4.78, 5) is 51.9. The van der Waals surface area contributed by atoms with E-state index in [4.69, 9.17) is 5.73 Å². The molecule has 5 N–H and O–H groups in total. The fourth-order valence-corrected chi connectivity index (χ4v) is 5.08. The standard InChI is InChI=1S/C24H35N5O4S/c1-34-15-21(30)29-14-18(27-24(33)26-17-10-6-3-7-11-17)13-20(29)23(32)28-19(22(25)31)12-16-8-4-2-5-9-16/h2,4-5,8-9,17-20H,3,6-7,10-15H2,1H3,(H2,25,31)(H,28,32)(H2,26,27,33). The van der Waals surface area contributed by atoms with Crippen LogP contribution >= 0.6 is 11.8 Å². The third kappa shape index (κ3) is 7.38. The molecule has 1 aromatic carbocycles. The highest BCUT2D eigenvalue weighted by atomic mass is 32.2. The maximum Gasteiger partial charge on any atom is 0.315 e. The van der Waals surface area contributed by atoms with Gasteiger partial charge in [-0.3, -0.25) is 14.4 Å². The number of rotatable bonds is 9. The van der Waals surface area contributed by atoms with Crippen LogP contribution in [0.4, 0.5) is 4.79 Å². The molecule has 2 fully saturated rings. The molecule has 9 nitrogen and oxygen atoms in total. The summed E-state index contributed by atoms with van der Waals surface area (Å²) in [6.07, 6.45) is 7.71. The summed E-state index contributed by atoms with van der Waals surface area (Å²) in [7, 11) is 0. The van der Waals surface area contributed by atoms with Gasteiger partial charge in [-0.05, 0) is 31.1 Å². The minimum Gasteiger partial charge on any atom is -0.368 e. The van der Waals surface area contributed by atoms with E-state index in [1.54, 1.807) is 0 Å². The Hall–Kier alpha value is -2.75. The lowest BCUT2D eigenvalue weighted by Gasteiger charge is -2.25. The summed E-state index contributed by atoms with van der Waals surface area (Å²) in [6.45, 7) is 0.246. The van der Waals surface area contributed by atoms with Gasteiger partial charge in [0.1, 0.15) is 12.1 Å². The molecule has 0 bridgehead atoms. The molecule has 2 aliphatic rings. The second kappa shape index (κ2) is 12.6. The minimum atomic E-state index is -0.894. The smallest absolute Gasteiger partial charge is 0.315 e. The van der Waals surface area contributed by atoms with Gasteiger partial charge < -0.3 is 26.6 Å². The van der Waals surface area contributed by atoms with Gasteiger partial charge in [0, 0.05) is 19.0 Å². The molecule has 3 atom stereocenters. The Morgan fingerprint density at radius 3 is 2.38 bits per heavy atom. The van der Waals surface area contributed by atoms with E-state index in [1.165, 1.54) is 23.1 Å². The highest BCUT2D eigenvalue weighted by Gasteiger charge is 2.41. The quantitative estimate of drug-likeness (QED) is 0.413. The lowest BCUT2D eigenvalue weighted by atomic mass is 9.96. The van der Waals surface area contributed by atoms with Gasteiger partial charge in [0.2, 0.25) is 17.7 Å². The number of nitrogens with one attached hydrogen (secondary N) is 3. The van der Waals surface area contributed by atoms with Crippen LogP contribution in [-0.2, 0) is 20.8 Å². The van der Waals surface area contributed by atoms with E-state index in [2.05, 4.69) is 16.0 Å². The Morgan fingerprint density at radius 2 is 1.74 bits per heavy atom. The Labute approximate surface area is 205 Å². The topological polar surface area (TPSA) is 134 Å². The van der Waals surface area contributed by atoms with Gasteiger partial charge in [0.25, 0.3) is 0 Å². The van der Waals surface area contributed by atoms with Crippen LogP contribution in [0.3, 0.4) is 0 Å². The van der Waals surface area contributed by atoms with E-state index >= 15 is 0 Å². The molecule has 1 saturated heterocycles. The van der Waals surface area contributed by atoms with E-state index in [0.717, 1.165) is 31.2 Å². The Kier molecular flexibility index (Phi) is 9.62. The van der Waals surface area contributed by atoms with E-state index < -0.39 is 23.9 Å². The molecule has 3 rings (SSSR count). The third-order valence-electron chi connectivity index (χ3n) is 6.41. The van der Waals surface area contributed by atoms with Gasteiger partial charge >= 0.3 is 6.03 Å². The molecule has 1 aromatic rings. The minimum absolute atomic E-state index is 0.165. The number of nitrogens with two attached hydrogens (primary N) is 1. The van der Waals surface area contributed by atoms with E-state index in [-0.39, 0.29) is 49.2 Å². The number of carbonyl (C=O) groups is 4. The summed E-state index contributed by atoms with van der Waals surface area (Å²) < 4.78 is 0. The van der Waals surface area contributed by atoms with Crippen molar-refractivity contribution >= 4 is 35.5 Å². The van der Waals surface area contributed by atoms with Crippen molar-refractivity contribution in [1.82, 2.24) is 20.9 Å². The molecule has 0 spiro atoms. The lowest BCUT2D eigenvalue weighted by Crippen LogP contribution is -2.53. The predicted molar refractivity (Wildman–Crippen MR) is 132 cm³/mol.